The lowest BCUT2D eigenvalue weighted by Crippen LogP contribution is -2.60. The highest BCUT2D eigenvalue weighted by atomic mass is 35.5. The van der Waals surface area contributed by atoms with Crippen LogP contribution in [0.3, 0.4) is 0 Å². The predicted molar refractivity (Wildman–Crippen MR) is 184 cm³/mol. The van der Waals surface area contributed by atoms with Gasteiger partial charge in [0.15, 0.2) is 0 Å². The number of likely N-dealkylation sites (tertiary alicyclic amines) is 1. The molecule has 17 heteroatoms. The molecule has 8 N–H and O–H groups in total. The summed E-state index contributed by atoms with van der Waals surface area (Å²) in [5.41, 5.74) is 11.4. The summed E-state index contributed by atoms with van der Waals surface area (Å²) in [5.74, 6) is -4.30. The molecule has 1 aliphatic rings. The van der Waals surface area contributed by atoms with Crippen molar-refractivity contribution in [2.24, 2.45) is 11.5 Å². The van der Waals surface area contributed by atoms with Gasteiger partial charge in [-0.2, -0.15) is 0 Å². The maximum absolute atomic E-state index is 13.9. The van der Waals surface area contributed by atoms with Crippen LogP contribution in [0.2, 0.25) is 0 Å². The first-order chi connectivity index (χ1) is 23.2. The van der Waals surface area contributed by atoms with Crippen molar-refractivity contribution in [2.75, 3.05) is 31.0 Å². The van der Waals surface area contributed by atoms with Crippen molar-refractivity contribution in [2.45, 2.75) is 69.1 Å². The minimum atomic E-state index is -3.49. The van der Waals surface area contributed by atoms with E-state index in [0.29, 0.717) is 18.4 Å². The molecule has 7 amide bonds. The minimum absolute atomic E-state index is 0.0283. The van der Waals surface area contributed by atoms with Crippen molar-refractivity contribution in [3.63, 3.8) is 0 Å². The molecule has 0 bridgehead atoms. The van der Waals surface area contributed by atoms with Gasteiger partial charge in [-0.3, -0.25) is 24.0 Å². The van der Waals surface area contributed by atoms with Crippen LogP contribution in [0.4, 0.5) is 4.79 Å². The maximum Gasteiger partial charge on any atom is 0.312 e. The predicted octanol–water partition coefficient (Wildman–Crippen LogP) is -0.175. The number of carbonyl (C=O) groups excluding carboxylic acids is 6. The second-order valence-electron chi connectivity index (χ2n) is 12.1. The van der Waals surface area contributed by atoms with Crippen molar-refractivity contribution >= 4 is 67.8 Å². The highest BCUT2D eigenvalue weighted by Crippen LogP contribution is 2.21. The monoisotopic (exact) mass is 721 g/mol. The number of primary amides is 2. The average molecular weight is 722 g/mol. The number of urea groups is 1. The number of halogens is 1. The molecule has 268 valence electrons. The molecule has 15 nitrogen and oxygen atoms in total. The highest BCUT2D eigenvalue weighted by molar-refractivity contribution is 7.90. The summed E-state index contributed by atoms with van der Waals surface area (Å²) in [7, 11) is -3.49. The number of hydrogen-bond donors (Lipinski definition) is 6. The van der Waals surface area contributed by atoms with Gasteiger partial charge in [-0.1, -0.05) is 42.5 Å². The largest absolute Gasteiger partial charge is 0.368 e. The lowest BCUT2D eigenvalue weighted by atomic mass is 9.97. The van der Waals surface area contributed by atoms with Crippen LogP contribution in [0.1, 0.15) is 44.1 Å². The Morgan fingerprint density at radius 1 is 0.918 bits per heavy atom. The van der Waals surface area contributed by atoms with E-state index in [-0.39, 0.29) is 50.9 Å². The Morgan fingerprint density at radius 2 is 1.63 bits per heavy atom. The molecule has 0 aliphatic carbocycles. The van der Waals surface area contributed by atoms with Crippen LogP contribution in [0, 0.1) is 0 Å². The van der Waals surface area contributed by atoms with Crippen LogP contribution in [0.25, 0.3) is 10.8 Å². The van der Waals surface area contributed by atoms with E-state index < -0.39 is 75.5 Å². The van der Waals surface area contributed by atoms with Gasteiger partial charge in [-0.05, 0) is 54.9 Å². The SMILES string of the molecule is CS(=O)(=O)CC[C@H](NC(=O)CCl)C(=O)N1CCCC[C@H]1C(=O)N[C@@H](Cc1ccc2ccccc2c1)C(=O)N[C@@H](CCCNC(N)=O)C(N)=O. The molecule has 1 fully saturated rings. The van der Waals surface area contributed by atoms with Crippen molar-refractivity contribution < 1.29 is 37.2 Å². The number of rotatable bonds is 17. The lowest BCUT2D eigenvalue weighted by molar-refractivity contribution is -0.145. The number of nitrogens with zero attached hydrogens (tertiary/aromatic N) is 1. The third-order valence-electron chi connectivity index (χ3n) is 8.14. The Morgan fingerprint density at radius 3 is 2.29 bits per heavy atom. The normalized spacial score (nSPS) is 16.5. The topological polar surface area (TPSA) is 240 Å². The molecular weight excluding hydrogens is 678 g/mol. The molecule has 0 spiro atoms. The number of nitrogens with two attached hydrogens (primary N) is 2. The number of hydrogen-bond acceptors (Lipinski definition) is 8. The van der Waals surface area contributed by atoms with Gasteiger partial charge in [0, 0.05) is 25.8 Å². The number of amides is 7. The highest BCUT2D eigenvalue weighted by Gasteiger charge is 2.38. The van der Waals surface area contributed by atoms with E-state index in [9.17, 15) is 37.2 Å². The van der Waals surface area contributed by atoms with E-state index in [1.807, 2.05) is 42.5 Å². The number of piperidine rings is 1. The molecule has 1 aliphatic heterocycles. The lowest BCUT2D eigenvalue weighted by Gasteiger charge is -2.37. The van der Waals surface area contributed by atoms with Gasteiger partial charge in [0.2, 0.25) is 29.5 Å². The van der Waals surface area contributed by atoms with Crippen LogP contribution in [-0.2, 0) is 40.2 Å². The summed E-state index contributed by atoms with van der Waals surface area (Å²) in [5, 5.41) is 12.1. The fourth-order valence-electron chi connectivity index (χ4n) is 5.64. The summed E-state index contributed by atoms with van der Waals surface area (Å²) in [4.78, 5) is 78.0. The first kappa shape index (κ1) is 39.0. The molecule has 4 atom stereocenters. The zero-order valence-electron chi connectivity index (χ0n) is 27.3. The molecule has 49 heavy (non-hydrogen) atoms. The second kappa shape index (κ2) is 18.4. The second-order valence-corrected chi connectivity index (χ2v) is 14.6. The van der Waals surface area contributed by atoms with E-state index in [1.165, 1.54) is 4.90 Å². The number of alkyl halides is 1. The molecule has 3 rings (SSSR count). The van der Waals surface area contributed by atoms with Gasteiger partial charge in [0.05, 0.1) is 5.75 Å². The van der Waals surface area contributed by atoms with E-state index in [0.717, 1.165) is 17.0 Å². The Labute approximate surface area is 290 Å². The number of benzene rings is 2. The van der Waals surface area contributed by atoms with Crippen molar-refractivity contribution in [3.8, 4) is 0 Å². The zero-order valence-corrected chi connectivity index (χ0v) is 28.9. The first-order valence-corrected chi connectivity index (χ1v) is 18.5. The zero-order chi connectivity index (χ0) is 36.1. The fraction of sp³-hybridized carbons (Fsp3) is 0.500. The van der Waals surface area contributed by atoms with Crippen LogP contribution < -0.4 is 32.7 Å². The maximum atomic E-state index is 13.9. The summed E-state index contributed by atoms with van der Waals surface area (Å²) in [6.07, 6.45) is 2.59. The molecule has 2 aromatic carbocycles. The Hall–Kier alpha value is -4.44. The molecule has 0 unspecified atom stereocenters. The van der Waals surface area contributed by atoms with E-state index in [4.69, 9.17) is 23.1 Å². The standard InChI is InChI=1S/C32H44ClN7O8S/c1-49(47,48)16-13-24(37-27(41)19-33)31(45)40-15-5-4-10-26(40)30(44)39-25(18-20-11-12-21-7-2-3-8-22(21)17-20)29(43)38-23(28(34)42)9-6-14-36-32(35)46/h2-3,7-8,11-12,17,23-26H,4-6,9-10,13-16,18-19H2,1H3,(H2,34,42)(H,37,41)(H,38,43)(H,39,44)(H3,35,36,46)/t23-,24-,25-,26-/m0/s1. The third kappa shape index (κ3) is 12.5. The summed E-state index contributed by atoms with van der Waals surface area (Å²) >= 11 is 5.64. The van der Waals surface area contributed by atoms with Crippen molar-refractivity contribution in [1.82, 2.24) is 26.2 Å². The smallest absolute Gasteiger partial charge is 0.312 e. The quantitative estimate of drug-likeness (QED) is 0.0944. The van der Waals surface area contributed by atoms with Crippen LogP contribution in [-0.4, -0.2) is 104 Å². The molecule has 1 heterocycles. The Bertz CT molecular complexity index is 1640. The van der Waals surface area contributed by atoms with Crippen LogP contribution in [0.5, 0.6) is 0 Å². The molecular formula is C32H44ClN7O8S. The van der Waals surface area contributed by atoms with E-state index in [2.05, 4.69) is 21.3 Å². The minimum Gasteiger partial charge on any atom is -0.368 e. The number of carbonyl (C=O) groups is 6. The number of fused-ring (bicyclic) bond motifs is 1. The van der Waals surface area contributed by atoms with Crippen LogP contribution >= 0.6 is 11.6 Å². The summed E-state index contributed by atoms with van der Waals surface area (Å²) < 4.78 is 23.7. The first-order valence-electron chi connectivity index (χ1n) is 15.9. The van der Waals surface area contributed by atoms with Crippen molar-refractivity contribution in [1.29, 1.82) is 0 Å². The average Bonchev–Trinajstić information content (AvgIpc) is 3.06. The number of sulfone groups is 1. The third-order valence-corrected chi connectivity index (χ3v) is 9.36. The summed E-state index contributed by atoms with van der Waals surface area (Å²) in [6.45, 7) is 0.308. The van der Waals surface area contributed by atoms with Crippen LogP contribution in [0.15, 0.2) is 42.5 Å². The van der Waals surface area contributed by atoms with Gasteiger partial charge in [0.25, 0.3) is 0 Å². The number of nitrogens with one attached hydrogen (secondary N) is 4. The Balaban J connectivity index is 1.86. The van der Waals surface area contributed by atoms with E-state index in [1.54, 1.807) is 0 Å². The fourth-order valence-corrected chi connectivity index (χ4v) is 6.39. The molecule has 1 saturated heterocycles. The van der Waals surface area contributed by atoms with Gasteiger partial charge in [0.1, 0.15) is 39.9 Å². The molecule has 2 aromatic rings. The van der Waals surface area contributed by atoms with E-state index >= 15 is 0 Å². The molecule has 0 aromatic heterocycles. The van der Waals surface area contributed by atoms with Gasteiger partial charge < -0.3 is 37.6 Å². The van der Waals surface area contributed by atoms with Gasteiger partial charge >= 0.3 is 6.03 Å². The van der Waals surface area contributed by atoms with Gasteiger partial charge in [-0.15, -0.1) is 11.6 Å². The van der Waals surface area contributed by atoms with Gasteiger partial charge in [-0.25, -0.2) is 13.2 Å². The Kier molecular flexibility index (Phi) is 14.6. The molecule has 0 radical (unpaired) electrons. The summed E-state index contributed by atoms with van der Waals surface area (Å²) in [6, 6.07) is 7.85. The van der Waals surface area contributed by atoms with Crippen molar-refractivity contribution in [3.05, 3.63) is 48.0 Å². The molecule has 0 saturated carbocycles.